The predicted octanol–water partition coefficient (Wildman–Crippen LogP) is 3.50. The molecule has 5 nitrogen and oxygen atoms in total. The molecule has 1 saturated heterocycles. The molecule has 136 valence electrons. The molecule has 1 saturated carbocycles. The molecule has 1 aliphatic carbocycles. The summed E-state index contributed by atoms with van der Waals surface area (Å²) in [6, 6.07) is 3.82. The van der Waals surface area contributed by atoms with Crippen LogP contribution in [0.4, 0.5) is 0 Å². The van der Waals surface area contributed by atoms with Gasteiger partial charge in [-0.25, -0.2) is 0 Å². The summed E-state index contributed by atoms with van der Waals surface area (Å²) in [6.07, 6.45) is 8.28. The first kappa shape index (κ1) is 19.6. The number of hydrogen-bond acceptors (Lipinski definition) is 3. The van der Waals surface area contributed by atoms with Gasteiger partial charge in [-0.05, 0) is 43.2 Å². The molecule has 6 heteroatoms. The number of nitrogens with one attached hydrogen (secondary N) is 1. The number of rotatable bonds is 6. The second-order valence-corrected chi connectivity index (χ2v) is 6.67. The van der Waals surface area contributed by atoms with E-state index in [2.05, 4.69) is 15.2 Å². The van der Waals surface area contributed by atoms with Crippen molar-refractivity contribution in [2.45, 2.75) is 38.7 Å². The molecule has 0 aromatic carbocycles. The largest absolute Gasteiger partial charge is 0.467 e. The van der Waals surface area contributed by atoms with Crippen molar-refractivity contribution in [3.05, 3.63) is 24.2 Å². The van der Waals surface area contributed by atoms with E-state index in [1.165, 1.54) is 38.8 Å². The Bertz CT molecular complexity index is 478. The molecule has 2 aliphatic rings. The van der Waals surface area contributed by atoms with Crippen LogP contribution in [0.3, 0.4) is 0 Å². The summed E-state index contributed by atoms with van der Waals surface area (Å²) < 4.78 is 10.9. The fraction of sp³-hybridized carbons (Fsp3) is 0.722. The highest BCUT2D eigenvalue weighted by Gasteiger charge is 2.35. The Balaban J connectivity index is 0.00000208. The Labute approximate surface area is 162 Å². The average Bonchev–Trinajstić information content (AvgIpc) is 3.23. The van der Waals surface area contributed by atoms with Gasteiger partial charge >= 0.3 is 0 Å². The van der Waals surface area contributed by atoms with Crippen LogP contribution in [0.5, 0.6) is 0 Å². The van der Waals surface area contributed by atoms with Gasteiger partial charge in [-0.15, -0.1) is 24.0 Å². The molecule has 0 radical (unpaired) electrons. The maximum absolute atomic E-state index is 5.61. The topological polar surface area (TPSA) is 50.0 Å². The van der Waals surface area contributed by atoms with E-state index in [-0.39, 0.29) is 24.0 Å². The van der Waals surface area contributed by atoms with Gasteiger partial charge in [0.2, 0.25) is 0 Å². The number of hydrogen-bond donors (Lipinski definition) is 1. The Morgan fingerprint density at radius 3 is 2.71 bits per heavy atom. The minimum Gasteiger partial charge on any atom is -0.467 e. The molecule has 2 unspecified atom stereocenters. The molecule has 0 spiro atoms. The van der Waals surface area contributed by atoms with Crippen molar-refractivity contribution in [1.29, 1.82) is 0 Å². The molecule has 24 heavy (non-hydrogen) atoms. The van der Waals surface area contributed by atoms with Crippen LogP contribution in [0.2, 0.25) is 0 Å². The Kier molecular flexibility index (Phi) is 8.38. The van der Waals surface area contributed by atoms with E-state index in [4.69, 9.17) is 9.15 Å². The third-order valence-corrected chi connectivity index (χ3v) is 5.06. The van der Waals surface area contributed by atoms with Crippen molar-refractivity contribution < 1.29 is 9.15 Å². The molecular weight excluding hydrogens is 417 g/mol. The van der Waals surface area contributed by atoms with Gasteiger partial charge in [0.05, 0.1) is 6.26 Å². The zero-order chi connectivity index (χ0) is 15.9. The van der Waals surface area contributed by atoms with Crippen LogP contribution in [-0.4, -0.2) is 44.1 Å². The third kappa shape index (κ3) is 5.37. The lowest BCUT2D eigenvalue weighted by atomic mass is 9.82. The number of furan rings is 1. The number of halogens is 1. The number of fused-ring (bicyclic) bond motifs is 1. The van der Waals surface area contributed by atoms with Crippen molar-refractivity contribution in [3.8, 4) is 0 Å². The van der Waals surface area contributed by atoms with Gasteiger partial charge in [0.25, 0.3) is 0 Å². The van der Waals surface area contributed by atoms with E-state index in [1.807, 2.05) is 19.2 Å². The van der Waals surface area contributed by atoms with E-state index >= 15 is 0 Å². The first-order chi connectivity index (χ1) is 11.4. The molecule has 3 rings (SSSR count). The number of guanidine groups is 1. The minimum atomic E-state index is 0. The normalized spacial score (nSPS) is 23.7. The first-order valence-corrected chi connectivity index (χ1v) is 8.92. The van der Waals surface area contributed by atoms with Gasteiger partial charge in [0.15, 0.2) is 5.96 Å². The maximum Gasteiger partial charge on any atom is 0.193 e. The van der Waals surface area contributed by atoms with Crippen LogP contribution in [0.1, 0.15) is 37.9 Å². The number of aliphatic imine (C=N–C) groups is 1. The monoisotopic (exact) mass is 447 g/mol. The predicted molar refractivity (Wildman–Crippen MR) is 107 cm³/mol. The lowest BCUT2D eigenvalue weighted by Gasteiger charge is -2.22. The quantitative estimate of drug-likeness (QED) is 0.314. The van der Waals surface area contributed by atoms with Crippen molar-refractivity contribution in [1.82, 2.24) is 10.2 Å². The second kappa shape index (κ2) is 10.3. The van der Waals surface area contributed by atoms with Gasteiger partial charge in [0, 0.05) is 33.3 Å². The average molecular weight is 447 g/mol. The van der Waals surface area contributed by atoms with Crippen LogP contribution in [0, 0.1) is 11.8 Å². The van der Waals surface area contributed by atoms with Crippen molar-refractivity contribution >= 4 is 29.9 Å². The standard InChI is InChI=1S/C18H29N3O2.HI/c1-19-18(21-12-15-6-2-3-7-16(15)13-21)20-9-5-10-22-14-17-8-4-11-23-17;/h4,8,11,15-16H,2-3,5-7,9-10,12-14H2,1H3,(H,19,20);1H. The molecule has 1 aromatic heterocycles. The zero-order valence-electron chi connectivity index (χ0n) is 14.6. The van der Waals surface area contributed by atoms with Gasteiger partial charge in [-0.2, -0.15) is 0 Å². The van der Waals surface area contributed by atoms with Crippen molar-refractivity contribution in [3.63, 3.8) is 0 Å². The minimum absolute atomic E-state index is 0. The highest BCUT2D eigenvalue weighted by atomic mass is 127. The van der Waals surface area contributed by atoms with Crippen LogP contribution in [0.25, 0.3) is 0 Å². The van der Waals surface area contributed by atoms with Crippen molar-refractivity contribution in [2.24, 2.45) is 16.8 Å². The zero-order valence-corrected chi connectivity index (χ0v) is 16.9. The summed E-state index contributed by atoms with van der Waals surface area (Å²) >= 11 is 0. The summed E-state index contributed by atoms with van der Waals surface area (Å²) in [4.78, 5) is 6.91. The highest BCUT2D eigenvalue weighted by molar-refractivity contribution is 14.0. The number of nitrogens with zero attached hydrogens (tertiary/aromatic N) is 2. The second-order valence-electron chi connectivity index (χ2n) is 6.67. The van der Waals surface area contributed by atoms with E-state index in [0.29, 0.717) is 6.61 Å². The summed E-state index contributed by atoms with van der Waals surface area (Å²) in [5.41, 5.74) is 0. The summed E-state index contributed by atoms with van der Waals surface area (Å²) in [7, 11) is 1.89. The third-order valence-electron chi connectivity index (χ3n) is 5.06. The lowest BCUT2D eigenvalue weighted by molar-refractivity contribution is 0.104. The van der Waals surface area contributed by atoms with E-state index < -0.39 is 0 Å². The summed E-state index contributed by atoms with van der Waals surface area (Å²) in [6.45, 7) is 4.54. The van der Waals surface area contributed by atoms with Crippen LogP contribution < -0.4 is 5.32 Å². The fourth-order valence-electron chi connectivity index (χ4n) is 3.85. The van der Waals surface area contributed by atoms with Crippen LogP contribution in [-0.2, 0) is 11.3 Å². The number of likely N-dealkylation sites (tertiary alicyclic amines) is 1. The Morgan fingerprint density at radius 1 is 1.33 bits per heavy atom. The number of ether oxygens (including phenoxy) is 1. The Hall–Kier alpha value is -0.760. The SMILES string of the molecule is CN=C(NCCCOCc1ccco1)N1CC2CCCCC2C1.I. The van der Waals surface area contributed by atoms with E-state index in [0.717, 1.165) is 43.1 Å². The Morgan fingerprint density at radius 2 is 2.08 bits per heavy atom. The summed E-state index contributed by atoms with van der Waals surface area (Å²) in [5, 5.41) is 3.49. The van der Waals surface area contributed by atoms with Crippen LogP contribution in [0.15, 0.2) is 27.8 Å². The van der Waals surface area contributed by atoms with Crippen molar-refractivity contribution in [2.75, 3.05) is 33.3 Å². The first-order valence-electron chi connectivity index (χ1n) is 8.92. The fourth-order valence-corrected chi connectivity index (χ4v) is 3.85. The molecule has 0 amide bonds. The van der Waals surface area contributed by atoms with E-state index in [1.54, 1.807) is 6.26 Å². The maximum atomic E-state index is 5.61. The molecule has 1 N–H and O–H groups in total. The van der Waals surface area contributed by atoms with Gasteiger partial charge in [0.1, 0.15) is 12.4 Å². The van der Waals surface area contributed by atoms with E-state index in [9.17, 15) is 0 Å². The lowest BCUT2D eigenvalue weighted by Crippen LogP contribution is -2.40. The van der Waals surface area contributed by atoms with Gasteiger partial charge in [-0.3, -0.25) is 4.99 Å². The van der Waals surface area contributed by atoms with Gasteiger partial charge < -0.3 is 19.4 Å². The van der Waals surface area contributed by atoms with Gasteiger partial charge in [-0.1, -0.05) is 12.8 Å². The summed E-state index contributed by atoms with van der Waals surface area (Å²) in [5.74, 6) is 3.72. The molecular formula is C18H30IN3O2. The highest BCUT2D eigenvalue weighted by Crippen LogP contribution is 2.35. The molecule has 2 heterocycles. The molecule has 2 atom stereocenters. The molecule has 1 aliphatic heterocycles. The molecule has 0 bridgehead atoms. The molecule has 1 aromatic rings. The molecule has 2 fully saturated rings. The smallest absolute Gasteiger partial charge is 0.193 e. The van der Waals surface area contributed by atoms with Crippen LogP contribution >= 0.6 is 24.0 Å².